The van der Waals surface area contributed by atoms with Gasteiger partial charge in [-0.15, -0.1) is 0 Å². The molecule has 0 radical (unpaired) electrons. The molecule has 0 aromatic heterocycles. The highest BCUT2D eigenvalue weighted by Crippen LogP contribution is 2.38. The summed E-state index contributed by atoms with van der Waals surface area (Å²) in [6.07, 6.45) is 3.63. The number of esters is 2. The zero-order valence-corrected chi connectivity index (χ0v) is 18.9. The molecule has 0 N–H and O–H groups in total. The molecule has 1 aliphatic carbocycles. The molecular formula is C20H31IO6. The normalized spacial score (nSPS) is 34.1. The molecule has 2 rings (SSSR count). The van der Waals surface area contributed by atoms with Gasteiger partial charge in [0.15, 0.2) is 12.4 Å². The van der Waals surface area contributed by atoms with E-state index < -0.39 is 30.4 Å². The largest absolute Gasteiger partial charge is 0.463 e. The molecular weight excluding hydrogens is 463 g/mol. The summed E-state index contributed by atoms with van der Waals surface area (Å²) in [6.45, 7) is 9.44. The van der Waals surface area contributed by atoms with Crippen LogP contribution in [0.25, 0.3) is 0 Å². The maximum Gasteiger partial charge on any atom is 0.303 e. The fraction of sp³-hybridized carbons (Fsp3) is 0.800. The first-order valence-electron chi connectivity index (χ1n) is 9.66. The van der Waals surface area contributed by atoms with E-state index >= 15 is 0 Å². The van der Waals surface area contributed by atoms with Gasteiger partial charge in [-0.2, -0.15) is 0 Å². The van der Waals surface area contributed by atoms with Crippen LogP contribution < -0.4 is 0 Å². The molecule has 27 heavy (non-hydrogen) atoms. The first-order valence-corrected chi connectivity index (χ1v) is 10.7. The van der Waals surface area contributed by atoms with Crippen molar-refractivity contribution in [1.29, 1.82) is 0 Å². The van der Waals surface area contributed by atoms with Crippen molar-refractivity contribution in [2.45, 2.75) is 78.5 Å². The van der Waals surface area contributed by atoms with Crippen LogP contribution in [-0.2, 0) is 28.5 Å². The van der Waals surface area contributed by atoms with Crippen LogP contribution in [0.4, 0.5) is 0 Å². The van der Waals surface area contributed by atoms with Crippen LogP contribution in [0, 0.1) is 17.8 Å². The molecule has 1 heterocycles. The molecule has 6 nitrogen and oxygen atoms in total. The van der Waals surface area contributed by atoms with E-state index in [4.69, 9.17) is 18.9 Å². The Balaban J connectivity index is 2.12. The van der Waals surface area contributed by atoms with Gasteiger partial charge in [-0.1, -0.05) is 27.2 Å². The lowest BCUT2D eigenvalue weighted by Crippen LogP contribution is -2.46. The van der Waals surface area contributed by atoms with Crippen molar-refractivity contribution in [3.05, 3.63) is 9.66 Å². The summed E-state index contributed by atoms with van der Waals surface area (Å²) in [5.41, 5.74) is 0. The van der Waals surface area contributed by atoms with Crippen molar-refractivity contribution in [3.63, 3.8) is 0 Å². The van der Waals surface area contributed by atoms with Crippen molar-refractivity contribution in [1.82, 2.24) is 0 Å². The summed E-state index contributed by atoms with van der Waals surface area (Å²) in [7, 11) is 0. The van der Waals surface area contributed by atoms with Crippen molar-refractivity contribution >= 4 is 34.5 Å². The lowest BCUT2D eigenvalue weighted by Gasteiger charge is -2.41. The summed E-state index contributed by atoms with van der Waals surface area (Å²) >= 11 is 2.17. The van der Waals surface area contributed by atoms with E-state index in [-0.39, 0.29) is 12.7 Å². The third-order valence-corrected chi connectivity index (χ3v) is 6.09. The highest BCUT2D eigenvalue weighted by molar-refractivity contribution is 14.1. The quantitative estimate of drug-likeness (QED) is 0.411. The Kier molecular flexibility index (Phi) is 8.55. The van der Waals surface area contributed by atoms with E-state index in [1.54, 1.807) is 0 Å². The van der Waals surface area contributed by atoms with Crippen LogP contribution in [0.1, 0.15) is 53.9 Å². The van der Waals surface area contributed by atoms with Gasteiger partial charge in [-0.05, 0) is 59.3 Å². The van der Waals surface area contributed by atoms with Crippen molar-refractivity contribution in [2.24, 2.45) is 17.8 Å². The van der Waals surface area contributed by atoms with Gasteiger partial charge in [-0.3, -0.25) is 9.59 Å². The van der Waals surface area contributed by atoms with Crippen LogP contribution in [0.5, 0.6) is 0 Å². The zero-order valence-electron chi connectivity index (χ0n) is 16.8. The maximum absolute atomic E-state index is 11.4. The fourth-order valence-electron chi connectivity index (χ4n) is 3.81. The minimum absolute atomic E-state index is 0.0161. The van der Waals surface area contributed by atoms with Gasteiger partial charge < -0.3 is 18.9 Å². The molecule has 154 valence electrons. The summed E-state index contributed by atoms with van der Waals surface area (Å²) < 4.78 is 23.8. The van der Waals surface area contributed by atoms with Crippen LogP contribution in [-0.4, -0.2) is 43.1 Å². The van der Waals surface area contributed by atoms with Gasteiger partial charge in [0.2, 0.25) is 0 Å². The molecule has 0 spiro atoms. The molecule has 0 aromatic rings. The Morgan fingerprint density at radius 2 is 1.96 bits per heavy atom. The Labute approximate surface area is 175 Å². The third kappa shape index (κ3) is 6.71. The van der Waals surface area contributed by atoms with Gasteiger partial charge in [0, 0.05) is 17.4 Å². The van der Waals surface area contributed by atoms with Crippen LogP contribution in [0.3, 0.4) is 0 Å². The first kappa shape index (κ1) is 22.6. The van der Waals surface area contributed by atoms with E-state index in [0.717, 1.165) is 16.4 Å². The molecule has 0 amide bonds. The molecule has 3 unspecified atom stereocenters. The van der Waals surface area contributed by atoms with E-state index in [1.165, 1.54) is 20.3 Å². The van der Waals surface area contributed by atoms with Crippen molar-refractivity contribution < 1.29 is 28.5 Å². The minimum atomic E-state index is -0.597. The molecule has 1 saturated carbocycles. The number of hydrogen-bond acceptors (Lipinski definition) is 6. The second-order valence-corrected chi connectivity index (χ2v) is 9.18. The van der Waals surface area contributed by atoms with E-state index in [0.29, 0.717) is 17.8 Å². The summed E-state index contributed by atoms with van der Waals surface area (Å²) in [4.78, 5) is 22.6. The van der Waals surface area contributed by atoms with E-state index in [1.807, 2.05) is 6.08 Å². The van der Waals surface area contributed by atoms with Gasteiger partial charge in [0.25, 0.3) is 0 Å². The molecule has 0 saturated heterocycles. The number of carbonyl (C=O) groups excluding carboxylic acids is 2. The third-order valence-electron chi connectivity index (χ3n) is 5.23. The lowest BCUT2D eigenvalue weighted by atomic mass is 9.75. The number of rotatable bonds is 6. The minimum Gasteiger partial charge on any atom is -0.463 e. The molecule has 1 aliphatic heterocycles. The van der Waals surface area contributed by atoms with Crippen LogP contribution in [0.2, 0.25) is 0 Å². The first-order chi connectivity index (χ1) is 12.7. The molecule has 1 fully saturated rings. The zero-order chi connectivity index (χ0) is 20.1. The van der Waals surface area contributed by atoms with Crippen LogP contribution in [0.15, 0.2) is 9.66 Å². The van der Waals surface area contributed by atoms with Gasteiger partial charge in [-0.25, -0.2) is 0 Å². The number of ether oxygens (including phenoxy) is 4. The number of hydrogen-bond donors (Lipinski definition) is 0. The second kappa shape index (κ2) is 10.2. The molecule has 6 atom stereocenters. The highest BCUT2D eigenvalue weighted by Gasteiger charge is 2.39. The average molecular weight is 494 g/mol. The molecule has 7 heteroatoms. The molecule has 0 bridgehead atoms. The predicted octanol–water partition coefficient (Wildman–Crippen LogP) is 4.00. The molecule has 2 aliphatic rings. The van der Waals surface area contributed by atoms with Gasteiger partial charge in [0.05, 0.1) is 6.10 Å². The fourth-order valence-corrected chi connectivity index (χ4v) is 4.45. The highest BCUT2D eigenvalue weighted by atomic mass is 127. The Hall–Kier alpha value is -0.670. The van der Waals surface area contributed by atoms with E-state index in [9.17, 15) is 9.59 Å². The average Bonchev–Trinajstić information content (AvgIpc) is 2.55. The Morgan fingerprint density at radius 3 is 2.56 bits per heavy atom. The standard InChI is InChI=1S/C20H31IO6/c1-11(2)15-7-6-12(3)8-17(15)26-20-16(21)9-18(25-14(5)23)19(27-20)10-24-13(4)22/h9,11-12,15,17-20H,6-8,10H2,1-5H3/t12-,15+,17-,18?,19?,20?/m1/s1. The second-order valence-electron chi connectivity index (χ2n) is 7.94. The predicted molar refractivity (Wildman–Crippen MR) is 109 cm³/mol. The maximum atomic E-state index is 11.4. The Bertz CT molecular complexity index is 561. The van der Waals surface area contributed by atoms with Crippen molar-refractivity contribution in [3.8, 4) is 0 Å². The van der Waals surface area contributed by atoms with Gasteiger partial charge >= 0.3 is 11.9 Å². The summed E-state index contributed by atoms with van der Waals surface area (Å²) in [5.74, 6) is 0.853. The summed E-state index contributed by atoms with van der Waals surface area (Å²) in [6, 6.07) is 0. The van der Waals surface area contributed by atoms with E-state index in [2.05, 4.69) is 43.4 Å². The SMILES string of the molecule is CC(=O)OCC1OC(O[C@@H]2C[C@H](C)CC[C@H]2C(C)C)C(I)=CC1OC(C)=O. The van der Waals surface area contributed by atoms with Gasteiger partial charge in [0.1, 0.15) is 12.7 Å². The topological polar surface area (TPSA) is 71.1 Å². The Morgan fingerprint density at radius 1 is 1.26 bits per heavy atom. The monoisotopic (exact) mass is 494 g/mol. The number of halogens is 1. The number of carbonyl (C=O) groups is 2. The molecule has 0 aromatic carbocycles. The lowest BCUT2D eigenvalue weighted by molar-refractivity contribution is -0.223. The van der Waals surface area contributed by atoms with Crippen LogP contribution >= 0.6 is 22.6 Å². The smallest absolute Gasteiger partial charge is 0.303 e. The summed E-state index contributed by atoms with van der Waals surface area (Å²) in [5, 5.41) is 0. The van der Waals surface area contributed by atoms with Crippen molar-refractivity contribution in [2.75, 3.05) is 6.61 Å².